The van der Waals surface area contributed by atoms with Gasteiger partial charge in [0.05, 0.1) is 19.8 Å². The number of rotatable bonds is 9. The highest BCUT2D eigenvalue weighted by Gasteiger charge is 2.31. The van der Waals surface area contributed by atoms with Crippen molar-refractivity contribution in [2.24, 2.45) is 0 Å². The van der Waals surface area contributed by atoms with Crippen LogP contribution in [0.1, 0.15) is 23.0 Å². The minimum atomic E-state index is -0.982. The van der Waals surface area contributed by atoms with E-state index in [1.165, 1.54) is 6.07 Å². The van der Waals surface area contributed by atoms with Crippen LogP contribution >= 0.6 is 11.6 Å². The van der Waals surface area contributed by atoms with Crippen LogP contribution in [0, 0.1) is 0 Å². The first-order valence-corrected chi connectivity index (χ1v) is 13.1. The Labute approximate surface area is 231 Å². The molecule has 4 rings (SSSR count). The summed E-state index contributed by atoms with van der Waals surface area (Å²) in [7, 11) is 0. The third-order valence-electron chi connectivity index (χ3n) is 6.08. The lowest BCUT2D eigenvalue weighted by Gasteiger charge is -2.35. The Morgan fingerprint density at radius 3 is 2.26 bits per heavy atom. The third kappa shape index (κ3) is 7.75. The van der Waals surface area contributed by atoms with E-state index in [2.05, 4.69) is 15.3 Å². The van der Waals surface area contributed by atoms with Crippen molar-refractivity contribution >= 4 is 29.5 Å². The maximum atomic E-state index is 13.5. The molecule has 10 nitrogen and oxygen atoms in total. The molecule has 0 spiro atoms. The van der Waals surface area contributed by atoms with Crippen molar-refractivity contribution < 1.29 is 23.9 Å². The molecule has 2 heterocycles. The predicted octanol–water partition coefficient (Wildman–Crippen LogP) is 3.41. The molecule has 39 heavy (non-hydrogen) atoms. The van der Waals surface area contributed by atoms with E-state index >= 15 is 0 Å². The van der Waals surface area contributed by atoms with Crippen molar-refractivity contribution in [1.82, 2.24) is 25.1 Å². The number of carbonyl (C=O) groups excluding carboxylic acids is 3. The van der Waals surface area contributed by atoms with Crippen LogP contribution in [-0.4, -0.2) is 83.1 Å². The molecular formula is C28H30ClN5O5. The summed E-state index contributed by atoms with van der Waals surface area (Å²) in [4.78, 5) is 50.6. The van der Waals surface area contributed by atoms with Crippen LogP contribution in [-0.2, 0) is 20.9 Å². The molecule has 2 aromatic carbocycles. The molecule has 1 unspecified atom stereocenters. The highest BCUT2D eigenvalue weighted by atomic mass is 35.5. The number of hydrogen-bond acceptors (Lipinski definition) is 7. The lowest BCUT2D eigenvalue weighted by atomic mass is 10.2. The summed E-state index contributed by atoms with van der Waals surface area (Å²) in [6, 6.07) is 19.1. The summed E-state index contributed by atoms with van der Waals surface area (Å²) in [5, 5.41) is 2.87. The summed E-state index contributed by atoms with van der Waals surface area (Å²) in [6.07, 6.45) is -0.407. The second-order valence-electron chi connectivity index (χ2n) is 8.80. The van der Waals surface area contributed by atoms with Gasteiger partial charge in [-0.1, -0.05) is 72.3 Å². The van der Waals surface area contributed by atoms with Gasteiger partial charge >= 0.3 is 6.09 Å². The molecule has 1 aliphatic rings. The van der Waals surface area contributed by atoms with Crippen molar-refractivity contribution in [1.29, 1.82) is 0 Å². The van der Waals surface area contributed by atoms with Gasteiger partial charge in [-0.2, -0.15) is 0 Å². The minimum absolute atomic E-state index is 0.0295. The summed E-state index contributed by atoms with van der Waals surface area (Å²) in [6.45, 7) is 3.52. The first-order valence-electron chi connectivity index (χ1n) is 12.7. The van der Waals surface area contributed by atoms with Crippen molar-refractivity contribution in [3.63, 3.8) is 0 Å². The molecular weight excluding hydrogens is 522 g/mol. The fourth-order valence-electron chi connectivity index (χ4n) is 4.07. The Morgan fingerprint density at radius 2 is 1.59 bits per heavy atom. The van der Waals surface area contributed by atoms with Gasteiger partial charge in [0.1, 0.15) is 16.9 Å². The van der Waals surface area contributed by atoms with Crippen molar-refractivity contribution in [3.8, 4) is 11.4 Å². The van der Waals surface area contributed by atoms with Gasteiger partial charge in [0, 0.05) is 37.8 Å². The molecule has 11 heteroatoms. The normalized spacial score (nSPS) is 14.0. The average Bonchev–Trinajstić information content (AvgIpc) is 2.97. The summed E-state index contributed by atoms with van der Waals surface area (Å²) >= 11 is 6.20. The molecule has 1 N–H and O–H groups in total. The van der Waals surface area contributed by atoms with Gasteiger partial charge < -0.3 is 24.6 Å². The van der Waals surface area contributed by atoms with Gasteiger partial charge in [-0.15, -0.1) is 0 Å². The molecule has 204 valence electrons. The van der Waals surface area contributed by atoms with E-state index < -0.39 is 18.0 Å². The molecule has 3 amide bonds. The monoisotopic (exact) mass is 551 g/mol. The van der Waals surface area contributed by atoms with E-state index in [1.807, 2.05) is 60.7 Å². The Kier molecular flexibility index (Phi) is 9.82. The predicted molar refractivity (Wildman–Crippen MR) is 145 cm³/mol. The fraction of sp³-hybridized carbons (Fsp3) is 0.321. The molecule has 0 radical (unpaired) electrons. The number of amides is 3. The quantitative estimate of drug-likeness (QED) is 0.405. The first kappa shape index (κ1) is 28.0. The zero-order valence-corrected chi connectivity index (χ0v) is 22.3. The van der Waals surface area contributed by atoms with Crippen LogP contribution in [0.15, 0.2) is 66.7 Å². The van der Waals surface area contributed by atoms with Crippen molar-refractivity contribution in [2.45, 2.75) is 19.6 Å². The van der Waals surface area contributed by atoms with Crippen LogP contribution in [0.25, 0.3) is 11.4 Å². The van der Waals surface area contributed by atoms with E-state index in [9.17, 15) is 14.4 Å². The van der Waals surface area contributed by atoms with Crippen LogP contribution in [0.3, 0.4) is 0 Å². The number of ether oxygens (including phenoxy) is 2. The number of piperazine rings is 1. The number of carbonyl (C=O) groups is 3. The number of halogens is 1. The van der Waals surface area contributed by atoms with Crippen molar-refractivity contribution in [3.05, 3.63) is 83.1 Å². The maximum absolute atomic E-state index is 13.5. The Hall–Kier alpha value is -4.02. The van der Waals surface area contributed by atoms with Crippen LogP contribution in [0.4, 0.5) is 4.79 Å². The minimum Gasteiger partial charge on any atom is -0.450 e. The Bertz CT molecular complexity index is 1270. The van der Waals surface area contributed by atoms with E-state index in [1.54, 1.807) is 16.7 Å². The van der Waals surface area contributed by atoms with Crippen LogP contribution in [0.2, 0.25) is 5.15 Å². The van der Waals surface area contributed by atoms with Crippen LogP contribution in [0.5, 0.6) is 0 Å². The van der Waals surface area contributed by atoms with Crippen molar-refractivity contribution in [2.75, 3.05) is 39.4 Å². The topological polar surface area (TPSA) is 114 Å². The molecule has 3 aromatic rings. The SMILES string of the molecule is CCOC(=O)N1CCN(C(=O)C(COCc2ccccc2)NC(=O)c2cc(Cl)nc(-c3ccccc3)n2)CC1. The zero-order chi connectivity index (χ0) is 27.6. The highest BCUT2D eigenvalue weighted by molar-refractivity contribution is 6.29. The molecule has 0 saturated carbocycles. The molecule has 0 bridgehead atoms. The molecule has 1 aromatic heterocycles. The first-order chi connectivity index (χ1) is 18.9. The lowest BCUT2D eigenvalue weighted by molar-refractivity contribution is -0.136. The Morgan fingerprint density at radius 1 is 0.949 bits per heavy atom. The fourth-order valence-corrected chi connectivity index (χ4v) is 4.25. The van der Waals surface area contributed by atoms with Crippen LogP contribution < -0.4 is 5.32 Å². The highest BCUT2D eigenvalue weighted by Crippen LogP contribution is 2.18. The number of benzene rings is 2. The summed E-state index contributed by atoms with van der Waals surface area (Å²) in [5.41, 5.74) is 1.67. The molecule has 1 saturated heterocycles. The van der Waals surface area contributed by atoms with Gasteiger partial charge in [-0.05, 0) is 12.5 Å². The van der Waals surface area contributed by atoms with Gasteiger partial charge in [-0.3, -0.25) is 9.59 Å². The largest absolute Gasteiger partial charge is 0.450 e. The summed E-state index contributed by atoms with van der Waals surface area (Å²) in [5.74, 6) is -0.599. The standard InChI is InChI=1S/C28H30ClN5O5/c1-2-39-28(37)34-15-13-33(14-16-34)27(36)23(19-38-18-20-9-5-3-6-10-20)31-26(35)22-17-24(29)32-25(30-22)21-11-7-4-8-12-21/h3-12,17,23H,2,13-16,18-19H2,1H3,(H,31,35). The zero-order valence-electron chi connectivity index (χ0n) is 21.6. The number of nitrogens with one attached hydrogen (secondary N) is 1. The molecule has 1 atom stereocenters. The van der Waals surface area contributed by atoms with Gasteiger partial charge in [0.25, 0.3) is 5.91 Å². The van der Waals surface area contributed by atoms with E-state index in [0.29, 0.717) is 37.6 Å². The Balaban J connectivity index is 1.47. The second-order valence-corrected chi connectivity index (χ2v) is 9.19. The number of aromatic nitrogens is 2. The van der Waals surface area contributed by atoms with E-state index in [4.69, 9.17) is 21.1 Å². The molecule has 1 fully saturated rings. The molecule has 0 aliphatic carbocycles. The number of nitrogens with zero attached hydrogens (tertiary/aromatic N) is 4. The van der Waals surface area contributed by atoms with Gasteiger partial charge in [0.15, 0.2) is 5.82 Å². The average molecular weight is 552 g/mol. The van der Waals surface area contributed by atoms with E-state index in [-0.39, 0.29) is 36.6 Å². The van der Waals surface area contributed by atoms with Gasteiger partial charge in [-0.25, -0.2) is 14.8 Å². The maximum Gasteiger partial charge on any atom is 0.409 e. The van der Waals surface area contributed by atoms with E-state index in [0.717, 1.165) is 5.56 Å². The third-order valence-corrected chi connectivity index (χ3v) is 6.27. The van der Waals surface area contributed by atoms with Gasteiger partial charge in [0.2, 0.25) is 5.91 Å². The summed E-state index contributed by atoms with van der Waals surface area (Å²) < 4.78 is 10.9. The second kappa shape index (κ2) is 13.7. The molecule has 1 aliphatic heterocycles. The number of hydrogen-bond donors (Lipinski definition) is 1. The lowest BCUT2D eigenvalue weighted by Crippen LogP contribution is -2.57. The smallest absolute Gasteiger partial charge is 0.409 e.